The second-order valence-corrected chi connectivity index (χ2v) is 7.36. The Labute approximate surface area is 116 Å². The summed E-state index contributed by atoms with van der Waals surface area (Å²) in [5.41, 5.74) is 0.689. The predicted octanol–water partition coefficient (Wildman–Crippen LogP) is 2.77. The molecule has 0 bridgehead atoms. The van der Waals surface area contributed by atoms with Crippen LogP contribution in [0, 0.1) is 0 Å². The van der Waals surface area contributed by atoms with E-state index in [4.69, 9.17) is 5.11 Å². The second kappa shape index (κ2) is 6.26. The Morgan fingerprint density at radius 1 is 1.62 bits per heavy atom. The Bertz CT molecular complexity index is 381. The molecule has 0 aliphatic rings. The average Bonchev–Trinajstić information content (AvgIpc) is 2.56. The van der Waals surface area contributed by atoms with Crippen molar-refractivity contribution in [3.63, 3.8) is 0 Å². The van der Waals surface area contributed by atoms with Crippen molar-refractivity contribution in [1.29, 1.82) is 0 Å². The van der Waals surface area contributed by atoms with E-state index in [1.165, 1.54) is 11.3 Å². The van der Waals surface area contributed by atoms with E-state index in [0.717, 1.165) is 7.57 Å². The van der Waals surface area contributed by atoms with Crippen LogP contribution in [0.2, 0.25) is 0 Å². The Kier molecular flexibility index (Phi) is 5.60. The summed E-state index contributed by atoms with van der Waals surface area (Å²) in [5.74, 6) is 0.0524. The van der Waals surface area contributed by atoms with Gasteiger partial charge in [-0.1, -0.05) is 0 Å². The van der Waals surface area contributed by atoms with Crippen molar-refractivity contribution >= 4 is 49.0 Å². The van der Waals surface area contributed by atoms with Gasteiger partial charge in [0.1, 0.15) is 0 Å². The van der Waals surface area contributed by atoms with Crippen LogP contribution in [0.15, 0.2) is 13.6 Å². The van der Waals surface area contributed by atoms with Gasteiger partial charge < -0.3 is 5.11 Å². The molecular formula is C10H13Br2NO2S. The molecule has 1 unspecified atom stereocenters. The highest BCUT2D eigenvalue weighted by atomic mass is 79.9. The van der Waals surface area contributed by atoms with E-state index in [1.807, 2.05) is 24.9 Å². The third-order valence-corrected chi connectivity index (χ3v) is 4.71. The van der Waals surface area contributed by atoms with Gasteiger partial charge in [0.25, 0.3) is 0 Å². The molecule has 1 atom stereocenters. The highest BCUT2D eigenvalue weighted by Crippen LogP contribution is 2.32. The number of aliphatic hydroxyl groups is 1. The molecule has 1 rings (SSSR count). The third-order valence-electron chi connectivity index (χ3n) is 2.37. The third kappa shape index (κ3) is 3.63. The number of rotatable bonds is 5. The van der Waals surface area contributed by atoms with Gasteiger partial charge in [0.15, 0.2) is 5.78 Å². The van der Waals surface area contributed by atoms with Crippen LogP contribution in [0.1, 0.15) is 17.3 Å². The minimum Gasteiger partial charge on any atom is -0.395 e. The lowest BCUT2D eigenvalue weighted by molar-refractivity contribution is 0.0890. The maximum absolute atomic E-state index is 11.9. The number of hydrogen-bond donors (Lipinski definition) is 1. The fourth-order valence-corrected chi connectivity index (χ4v) is 3.99. The summed E-state index contributed by atoms with van der Waals surface area (Å²) in [4.78, 5) is 13.8. The van der Waals surface area contributed by atoms with E-state index in [-0.39, 0.29) is 18.4 Å². The summed E-state index contributed by atoms with van der Waals surface area (Å²) in [5, 5.41) is 8.98. The van der Waals surface area contributed by atoms with E-state index >= 15 is 0 Å². The molecule has 6 heteroatoms. The van der Waals surface area contributed by atoms with Gasteiger partial charge >= 0.3 is 0 Å². The molecule has 0 radical (unpaired) electrons. The first kappa shape index (κ1) is 14.3. The van der Waals surface area contributed by atoms with Gasteiger partial charge in [-0.3, -0.25) is 9.69 Å². The fraction of sp³-hybridized carbons (Fsp3) is 0.500. The molecule has 0 aromatic carbocycles. The van der Waals surface area contributed by atoms with Crippen LogP contribution in [-0.4, -0.2) is 42.0 Å². The number of aliphatic hydroxyl groups excluding tert-OH is 1. The topological polar surface area (TPSA) is 40.5 Å². The highest BCUT2D eigenvalue weighted by molar-refractivity contribution is 9.12. The Morgan fingerprint density at radius 2 is 2.25 bits per heavy atom. The molecule has 1 heterocycles. The van der Waals surface area contributed by atoms with Gasteiger partial charge in [-0.25, -0.2) is 0 Å². The molecule has 0 spiro atoms. The smallest absolute Gasteiger partial charge is 0.178 e. The number of Topliss-reactive ketones (excluding diaryl/α,β-unsaturated/α-hetero) is 1. The number of halogens is 2. The normalized spacial score (nSPS) is 13.1. The van der Waals surface area contributed by atoms with Crippen molar-refractivity contribution in [3.05, 3.63) is 19.2 Å². The molecule has 0 aliphatic carbocycles. The van der Waals surface area contributed by atoms with Crippen molar-refractivity contribution in [2.24, 2.45) is 0 Å². The van der Waals surface area contributed by atoms with E-state index in [2.05, 4.69) is 31.9 Å². The van der Waals surface area contributed by atoms with Crippen LogP contribution >= 0.6 is 43.2 Å². The zero-order valence-electron chi connectivity index (χ0n) is 9.04. The van der Waals surface area contributed by atoms with Crippen LogP contribution in [0.4, 0.5) is 0 Å². The minimum absolute atomic E-state index is 0.00944. The summed E-state index contributed by atoms with van der Waals surface area (Å²) in [6, 6.07) is 1.80. The Hall–Kier alpha value is 0.250. The quantitative estimate of drug-likeness (QED) is 0.810. The molecule has 0 saturated carbocycles. The number of thiophene rings is 1. The van der Waals surface area contributed by atoms with Gasteiger partial charge in [0, 0.05) is 11.6 Å². The Balaban J connectivity index is 2.69. The SMILES string of the molecule is CC(CO)N(C)CC(=O)c1cc(Br)sc1Br. The molecule has 1 aromatic heterocycles. The largest absolute Gasteiger partial charge is 0.395 e. The van der Waals surface area contributed by atoms with Crippen LogP contribution in [0.25, 0.3) is 0 Å². The molecule has 16 heavy (non-hydrogen) atoms. The molecular weight excluding hydrogens is 358 g/mol. The van der Waals surface area contributed by atoms with Crippen molar-refractivity contribution < 1.29 is 9.90 Å². The van der Waals surface area contributed by atoms with Crippen LogP contribution < -0.4 is 0 Å². The van der Waals surface area contributed by atoms with E-state index < -0.39 is 0 Å². The summed E-state index contributed by atoms with van der Waals surface area (Å²) >= 11 is 8.19. The van der Waals surface area contributed by atoms with Crippen LogP contribution in [0.3, 0.4) is 0 Å². The molecule has 0 amide bonds. The number of hydrogen-bond acceptors (Lipinski definition) is 4. The van der Waals surface area contributed by atoms with E-state index in [9.17, 15) is 4.79 Å². The summed E-state index contributed by atoms with van der Waals surface area (Å²) < 4.78 is 1.77. The van der Waals surface area contributed by atoms with Gasteiger partial charge in [-0.15, -0.1) is 11.3 Å². The van der Waals surface area contributed by atoms with E-state index in [0.29, 0.717) is 12.1 Å². The molecule has 1 aromatic rings. The lowest BCUT2D eigenvalue weighted by atomic mass is 10.2. The summed E-state index contributed by atoms with van der Waals surface area (Å²) in [6.45, 7) is 2.24. The number of likely N-dealkylation sites (N-methyl/N-ethyl adjacent to an activating group) is 1. The van der Waals surface area contributed by atoms with Crippen molar-refractivity contribution in [1.82, 2.24) is 4.90 Å². The highest BCUT2D eigenvalue weighted by Gasteiger charge is 2.17. The standard InChI is InChI=1S/C10H13Br2NO2S/c1-6(5-14)13(2)4-8(15)7-3-9(11)16-10(7)12/h3,6,14H,4-5H2,1-2H3. The molecule has 0 fully saturated rings. The summed E-state index contributed by atoms with van der Waals surface area (Å²) in [6.07, 6.45) is 0. The summed E-state index contributed by atoms with van der Waals surface area (Å²) in [7, 11) is 1.83. The zero-order chi connectivity index (χ0) is 12.3. The molecule has 1 N–H and O–H groups in total. The molecule has 90 valence electrons. The average molecular weight is 371 g/mol. The number of ketones is 1. The predicted molar refractivity (Wildman–Crippen MR) is 73.2 cm³/mol. The van der Waals surface area contributed by atoms with Crippen LogP contribution in [-0.2, 0) is 0 Å². The first-order valence-electron chi connectivity index (χ1n) is 4.74. The maximum atomic E-state index is 11.9. The van der Waals surface area contributed by atoms with Crippen molar-refractivity contribution in [2.45, 2.75) is 13.0 Å². The fourth-order valence-electron chi connectivity index (χ4n) is 1.14. The maximum Gasteiger partial charge on any atom is 0.178 e. The first-order valence-corrected chi connectivity index (χ1v) is 7.15. The molecule has 0 aliphatic heterocycles. The van der Waals surface area contributed by atoms with Crippen molar-refractivity contribution in [3.8, 4) is 0 Å². The van der Waals surface area contributed by atoms with Gasteiger partial charge in [0.2, 0.25) is 0 Å². The van der Waals surface area contributed by atoms with Gasteiger partial charge in [0.05, 0.1) is 20.7 Å². The second-order valence-electron chi connectivity index (χ2n) is 3.61. The first-order chi connectivity index (χ1) is 7.45. The zero-order valence-corrected chi connectivity index (χ0v) is 13.0. The van der Waals surface area contributed by atoms with E-state index in [1.54, 1.807) is 0 Å². The minimum atomic E-state index is -0.00944. The van der Waals surface area contributed by atoms with Gasteiger partial charge in [-0.05, 0) is 51.9 Å². The number of carbonyl (C=O) groups is 1. The molecule has 3 nitrogen and oxygen atoms in total. The molecule has 0 saturated heterocycles. The number of nitrogens with zero attached hydrogens (tertiary/aromatic N) is 1. The van der Waals surface area contributed by atoms with Crippen molar-refractivity contribution in [2.75, 3.05) is 20.2 Å². The lowest BCUT2D eigenvalue weighted by Gasteiger charge is -2.21. The number of carbonyl (C=O) groups excluding carboxylic acids is 1. The lowest BCUT2D eigenvalue weighted by Crippen LogP contribution is -2.36. The monoisotopic (exact) mass is 369 g/mol. The van der Waals surface area contributed by atoms with Crippen LogP contribution in [0.5, 0.6) is 0 Å². The van der Waals surface area contributed by atoms with Gasteiger partial charge in [-0.2, -0.15) is 0 Å². The Morgan fingerprint density at radius 3 is 2.69 bits per heavy atom.